The van der Waals surface area contributed by atoms with E-state index < -0.39 is 0 Å². The first-order valence-electron chi connectivity index (χ1n) is 7.77. The monoisotopic (exact) mass is 330 g/mol. The van der Waals surface area contributed by atoms with Gasteiger partial charge in [0.15, 0.2) is 5.69 Å². The maximum atomic E-state index is 12.2. The van der Waals surface area contributed by atoms with Crippen LogP contribution in [0.5, 0.6) is 0 Å². The van der Waals surface area contributed by atoms with E-state index in [1.165, 1.54) is 6.07 Å². The molecule has 0 fully saturated rings. The summed E-state index contributed by atoms with van der Waals surface area (Å²) in [5.74, 6) is 0.525. The summed E-state index contributed by atoms with van der Waals surface area (Å²) in [6.07, 6.45) is 1.61. The Labute approximate surface area is 143 Å². The molecule has 0 saturated heterocycles. The van der Waals surface area contributed by atoms with Gasteiger partial charge in [0.25, 0.3) is 5.89 Å². The van der Waals surface area contributed by atoms with Crippen molar-refractivity contribution in [3.05, 3.63) is 82.6 Å². The number of rotatable bonds is 3. The quantitative estimate of drug-likeness (QED) is 0.576. The van der Waals surface area contributed by atoms with E-state index >= 15 is 0 Å². The van der Waals surface area contributed by atoms with Crippen molar-refractivity contribution < 1.29 is 4.52 Å². The summed E-state index contributed by atoms with van der Waals surface area (Å²) < 4.78 is 6.87. The second kappa shape index (κ2) is 6.16. The van der Waals surface area contributed by atoms with E-state index in [0.29, 0.717) is 5.82 Å². The van der Waals surface area contributed by atoms with Crippen molar-refractivity contribution in [2.45, 2.75) is 6.92 Å². The molecule has 122 valence electrons. The van der Waals surface area contributed by atoms with Gasteiger partial charge in [-0.05, 0) is 19.1 Å². The zero-order chi connectivity index (χ0) is 17.2. The zero-order valence-corrected chi connectivity index (χ0v) is 13.5. The molecule has 0 N–H and O–H groups in total. The molecule has 2 heterocycles. The van der Waals surface area contributed by atoms with Crippen LogP contribution < -0.4 is 5.43 Å². The van der Waals surface area contributed by atoms with Gasteiger partial charge in [0.2, 0.25) is 11.3 Å². The van der Waals surface area contributed by atoms with Crippen molar-refractivity contribution in [3.63, 3.8) is 0 Å². The second-order valence-corrected chi connectivity index (χ2v) is 5.60. The molecule has 0 radical (unpaired) electrons. The van der Waals surface area contributed by atoms with Gasteiger partial charge < -0.3 is 4.52 Å². The molecule has 0 aliphatic heterocycles. The van der Waals surface area contributed by atoms with Gasteiger partial charge in [-0.15, -0.1) is 0 Å². The third-order valence-corrected chi connectivity index (χ3v) is 3.77. The zero-order valence-electron chi connectivity index (χ0n) is 13.5. The van der Waals surface area contributed by atoms with Crippen molar-refractivity contribution in [2.75, 3.05) is 0 Å². The van der Waals surface area contributed by atoms with E-state index in [9.17, 15) is 4.79 Å². The standard InChI is InChI=1S/C19H14N4O2/c1-13-7-9-14(10-8-13)18-20-19(25-22-18)17-16(24)11-12-23(21-17)15-5-3-2-4-6-15/h2-12H,1H3. The van der Waals surface area contributed by atoms with E-state index in [0.717, 1.165) is 16.8 Å². The van der Waals surface area contributed by atoms with Gasteiger partial charge in [0, 0.05) is 17.8 Å². The average Bonchev–Trinajstić information content (AvgIpc) is 3.13. The third-order valence-electron chi connectivity index (χ3n) is 3.77. The fourth-order valence-corrected chi connectivity index (χ4v) is 2.42. The van der Waals surface area contributed by atoms with Gasteiger partial charge >= 0.3 is 0 Å². The first-order valence-corrected chi connectivity index (χ1v) is 7.77. The van der Waals surface area contributed by atoms with E-state index in [4.69, 9.17) is 4.52 Å². The topological polar surface area (TPSA) is 73.8 Å². The van der Waals surface area contributed by atoms with Crippen molar-refractivity contribution in [1.29, 1.82) is 0 Å². The molecular weight excluding hydrogens is 316 g/mol. The average molecular weight is 330 g/mol. The van der Waals surface area contributed by atoms with Crippen LogP contribution in [0.3, 0.4) is 0 Å². The van der Waals surface area contributed by atoms with Gasteiger partial charge in [0.05, 0.1) is 5.69 Å². The van der Waals surface area contributed by atoms with E-state index in [2.05, 4.69) is 15.2 Å². The Hall–Kier alpha value is -3.54. The van der Waals surface area contributed by atoms with Crippen LogP contribution in [0.2, 0.25) is 0 Å². The highest BCUT2D eigenvalue weighted by Gasteiger charge is 2.16. The maximum absolute atomic E-state index is 12.2. The number of para-hydroxylation sites is 1. The summed E-state index contributed by atoms with van der Waals surface area (Å²) in [5.41, 5.74) is 2.65. The molecule has 0 amide bonds. The first kappa shape index (κ1) is 15.0. The molecule has 0 unspecified atom stereocenters. The van der Waals surface area contributed by atoms with E-state index in [1.54, 1.807) is 10.9 Å². The largest absolute Gasteiger partial charge is 0.332 e. The molecule has 0 aliphatic carbocycles. The molecule has 0 saturated carbocycles. The van der Waals surface area contributed by atoms with Crippen molar-refractivity contribution in [3.8, 4) is 28.7 Å². The Kier molecular flexibility index (Phi) is 3.70. The lowest BCUT2D eigenvalue weighted by Crippen LogP contribution is -2.12. The number of aromatic nitrogens is 4. The Morgan fingerprint density at radius 1 is 0.960 bits per heavy atom. The minimum atomic E-state index is -0.272. The third kappa shape index (κ3) is 2.97. The summed E-state index contributed by atoms with van der Waals surface area (Å²) >= 11 is 0. The number of hydrogen-bond donors (Lipinski definition) is 0. The molecule has 4 rings (SSSR count). The molecule has 4 aromatic rings. The fraction of sp³-hybridized carbons (Fsp3) is 0.0526. The van der Waals surface area contributed by atoms with Crippen LogP contribution >= 0.6 is 0 Å². The van der Waals surface area contributed by atoms with Crippen LogP contribution in [0, 0.1) is 6.92 Å². The van der Waals surface area contributed by atoms with Crippen LogP contribution in [0.25, 0.3) is 28.7 Å². The van der Waals surface area contributed by atoms with Crippen LogP contribution in [0.4, 0.5) is 0 Å². The summed E-state index contributed by atoms with van der Waals surface area (Å²) in [6.45, 7) is 2.01. The lowest BCUT2D eigenvalue weighted by Gasteiger charge is -2.04. The summed E-state index contributed by atoms with van der Waals surface area (Å²) in [5, 5.41) is 8.30. The molecule has 0 aliphatic rings. The highest BCUT2D eigenvalue weighted by atomic mass is 16.5. The molecule has 25 heavy (non-hydrogen) atoms. The fourth-order valence-electron chi connectivity index (χ4n) is 2.42. The molecule has 0 atom stereocenters. The molecule has 6 heteroatoms. The minimum absolute atomic E-state index is 0.103. The molecule has 0 spiro atoms. The highest BCUT2D eigenvalue weighted by Crippen LogP contribution is 2.19. The molecular formula is C19H14N4O2. The van der Waals surface area contributed by atoms with E-state index in [-0.39, 0.29) is 17.0 Å². The minimum Gasteiger partial charge on any atom is -0.332 e. The maximum Gasteiger partial charge on any atom is 0.282 e. The van der Waals surface area contributed by atoms with Gasteiger partial charge in [-0.3, -0.25) is 4.79 Å². The van der Waals surface area contributed by atoms with E-state index in [1.807, 2.05) is 61.5 Å². The Balaban J connectivity index is 1.75. The first-order chi connectivity index (χ1) is 12.2. The molecule has 6 nitrogen and oxygen atoms in total. The summed E-state index contributed by atoms with van der Waals surface area (Å²) in [6, 6.07) is 18.7. The highest BCUT2D eigenvalue weighted by molar-refractivity contribution is 5.58. The number of benzene rings is 2. The molecule has 2 aromatic heterocycles. The van der Waals surface area contributed by atoms with Gasteiger partial charge in [-0.1, -0.05) is 53.2 Å². The summed E-state index contributed by atoms with van der Waals surface area (Å²) in [7, 11) is 0. The SMILES string of the molecule is Cc1ccc(-c2noc(-c3nn(-c4ccccc4)ccc3=O)n2)cc1. The second-order valence-electron chi connectivity index (χ2n) is 5.60. The van der Waals surface area contributed by atoms with Crippen LogP contribution in [-0.2, 0) is 0 Å². The van der Waals surface area contributed by atoms with Crippen molar-refractivity contribution in [2.24, 2.45) is 0 Å². The number of hydrogen-bond acceptors (Lipinski definition) is 5. The number of aryl methyl sites for hydroxylation is 1. The van der Waals surface area contributed by atoms with Gasteiger partial charge in [-0.25, -0.2) is 4.68 Å². The number of nitrogens with zero attached hydrogens (tertiary/aromatic N) is 4. The van der Waals surface area contributed by atoms with Crippen molar-refractivity contribution in [1.82, 2.24) is 19.9 Å². The van der Waals surface area contributed by atoms with Crippen LogP contribution in [0.1, 0.15) is 5.56 Å². The van der Waals surface area contributed by atoms with Crippen molar-refractivity contribution >= 4 is 0 Å². The predicted octanol–water partition coefficient (Wildman–Crippen LogP) is 3.26. The molecule has 2 aromatic carbocycles. The van der Waals surface area contributed by atoms with Gasteiger partial charge in [0.1, 0.15) is 0 Å². The van der Waals surface area contributed by atoms with Crippen LogP contribution in [0.15, 0.2) is 76.2 Å². The lowest BCUT2D eigenvalue weighted by molar-refractivity contribution is 0.429. The van der Waals surface area contributed by atoms with Crippen LogP contribution in [-0.4, -0.2) is 19.9 Å². The van der Waals surface area contributed by atoms with Gasteiger partial charge in [-0.2, -0.15) is 10.1 Å². The Bertz CT molecular complexity index is 1070. The lowest BCUT2D eigenvalue weighted by atomic mass is 10.1. The Morgan fingerprint density at radius 3 is 2.48 bits per heavy atom. The predicted molar refractivity (Wildman–Crippen MR) is 93.3 cm³/mol. The molecule has 0 bridgehead atoms. The smallest absolute Gasteiger partial charge is 0.282 e. The normalized spacial score (nSPS) is 10.8. The Morgan fingerprint density at radius 2 is 1.72 bits per heavy atom. The summed E-state index contributed by atoms with van der Waals surface area (Å²) in [4.78, 5) is 16.5.